The van der Waals surface area contributed by atoms with Crippen molar-refractivity contribution in [2.45, 2.75) is 11.5 Å². The van der Waals surface area contributed by atoms with E-state index in [1.54, 1.807) is 13.1 Å². The fourth-order valence-electron chi connectivity index (χ4n) is 1.55. The summed E-state index contributed by atoms with van der Waals surface area (Å²) < 4.78 is 45.6. The third-order valence-corrected chi connectivity index (χ3v) is 3.06. The SMILES string of the molecule is Cn1cc(Oc2ccc(CBr)cc2C(F)(F)F)cn1. The number of aryl methyl sites for hydroxylation is 1. The molecule has 1 aromatic heterocycles. The molecule has 7 heteroatoms. The molecule has 0 aliphatic carbocycles. The summed E-state index contributed by atoms with van der Waals surface area (Å²) >= 11 is 3.13. The van der Waals surface area contributed by atoms with E-state index in [2.05, 4.69) is 21.0 Å². The van der Waals surface area contributed by atoms with Gasteiger partial charge in [0.1, 0.15) is 5.75 Å². The summed E-state index contributed by atoms with van der Waals surface area (Å²) in [5.74, 6) is 0.0322. The maximum absolute atomic E-state index is 13.0. The molecule has 1 heterocycles. The van der Waals surface area contributed by atoms with Crippen LogP contribution in [0.2, 0.25) is 0 Å². The predicted octanol–water partition coefficient (Wildman–Crippen LogP) is 4.13. The molecular weight excluding hydrogens is 325 g/mol. The Balaban J connectivity index is 2.39. The van der Waals surface area contributed by atoms with Gasteiger partial charge >= 0.3 is 6.18 Å². The first-order valence-electron chi connectivity index (χ1n) is 5.33. The van der Waals surface area contributed by atoms with Gasteiger partial charge in [0.15, 0.2) is 5.75 Å². The second-order valence-electron chi connectivity index (χ2n) is 3.91. The first-order chi connectivity index (χ1) is 8.90. The smallest absolute Gasteiger partial charge is 0.419 e. The summed E-state index contributed by atoms with van der Waals surface area (Å²) in [6.45, 7) is 0. The molecule has 0 saturated heterocycles. The summed E-state index contributed by atoms with van der Waals surface area (Å²) in [4.78, 5) is 0. The van der Waals surface area contributed by atoms with Gasteiger partial charge in [0, 0.05) is 12.4 Å². The highest BCUT2D eigenvalue weighted by Gasteiger charge is 2.34. The van der Waals surface area contributed by atoms with Gasteiger partial charge < -0.3 is 4.74 Å². The number of hydrogen-bond donors (Lipinski definition) is 0. The summed E-state index contributed by atoms with van der Waals surface area (Å²) in [6, 6.07) is 3.96. The number of rotatable bonds is 3. The van der Waals surface area contributed by atoms with E-state index in [1.807, 2.05) is 0 Å². The minimum atomic E-state index is -4.46. The zero-order chi connectivity index (χ0) is 14.0. The van der Waals surface area contributed by atoms with Crippen molar-refractivity contribution in [1.29, 1.82) is 0 Å². The lowest BCUT2D eigenvalue weighted by atomic mass is 10.1. The van der Waals surface area contributed by atoms with Crippen molar-refractivity contribution in [3.8, 4) is 11.5 Å². The monoisotopic (exact) mass is 334 g/mol. The number of benzene rings is 1. The normalized spacial score (nSPS) is 11.6. The summed E-state index contributed by atoms with van der Waals surface area (Å²) in [5, 5.41) is 4.19. The first kappa shape index (κ1) is 13.9. The average molecular weight is 335 g/mol. The van der Waals surface area contributed by atoms with Gasteiger partial charge in [-0.15, -0.1) is 0 Å². The van der Waals surface area contributed by atoms with Crippen molar-refractivity contribution in [3.05, 3.63) is 41.7 Å². The Morgan fingerprint density at radius 2 is 2.11 bits per heavy atom. The highest BCUT2D eigenvalue weighted by Crippen LogP contribution is 2.38. The van der Waals surface area contributed by atoms with Crippen LogP contribution in [0.15, 0.2) is 30.6 Å². The molecule has 0 fully saturated rings. The van der Waals surface area contributed by atoms with E-state index in [4.69, 9.17) is 4.74 Å². The zero-order valence-corrected chi connectivity index (χ0v) is 11.5. The largest absolute Gasteiger partial charge is 0.453 e. The lowest BCUT2D eigenvalue weighted by molar-refractivity contribution is -0.138. The number of aromatic nitrogens is 2. The van der Waals surface area contributed by atoms with Crippen LogP contribution in [-0.4, -0.2) is 9.78 Å². The van der Waals surface area contributed by atoms with Crippen LogP contribution < -0.4 is 4.74 Å². The highest BCUT2D eigenvalue weighted by molar-refractivity contribution is 9.08. The van der Waals surface area contributed by atoms with Crippen LogP contribution in [0.25, 0.3) is 0 Å². The van der Waals surface area contributed by atoms with E-state index in [1.165, 1.54) is 23.1 Å². The average Bonchev–Trinajstić information content (AvgIpc) is 2.74. The van der Waals surface area contributed by atoms with Crippen molar-refractivity contribution in [2.75, 3.05) is 0 Å². The number of nitrogens with zero attached hydrogens (tertiary/aromatic N) is 2. The molecule has 0 N–H and O–H groups in total. The molecule has 2 aromatic rings. The molecule has 1 aromatic carbocycles. The lowest BCUT2D eigenvalue weighted by Gasteiger charge is -2.13. The third-order valence-electron chi connectivity index (χ3n) is 2.41. The van der Waals surface area contributed by atoms with Gasteiger partial charge in [-0.25, -0.2) is 0 Å². The summed E-state index contributed by atoms with van der Waals surface area (Å²) in [6.07, 6.45) is -1.60. The van der Waals surface area contributed by atoms with Crippen LogP contribution in [0.1, 0.15) is 11.1 Å². The second kappa shape index (κ2) is 5.24. The number of alkyl halides is 4. The first-order valence-corrected chi connectivity index (χ1v) is 6.45. The van der Waals surface area contributed by atoms with Gasteiger partial charge in [-0.05, 0) is 17.7 Å². The van der Waals surface area contributed by atoms with Gasteiger partial charge in [-0.2, -0.15) is 18.3 Å². The number of hydrogen-bond acceptors (Lipinski definition) is 2. The highest BCUT2D eigenvalue weighted by atomic mass is 79.9. The molecule has 2 rings (SSSR count). The number of ether oxygens (including phenoxy) is 1. The van der Waals surface area contributed by atoms with Crippen LogP contribution >= 0.6 is 15.9 Å². The van der Waals surface area contributed by atoms with E-state index in [9.17, 15) is 13.2 Å². The maximum Gasteiger partial charge on any atom is 0.419 e. The molecule has 19 heavy (non-hydrogen) atoms. The van der Waals surface area contributed by atoms with E-state index in [-0.39, 0.29) is 11.5 Å². The Hall–Kier alpha value is -1.50. The molecule has 102 valence electrons. The van der Waals surface area contributed by atoms with Crippen LogP contribution in [-0.2, 0) is 18.6 Å². The van der Waals surface area contributed by atoms with Crippen molar-refractivity contribution in [3.63, 3.8) is 0 Å². The van der Waals surface area contributed by atoms with Gasteiger partial charge in [0.05, 0.1) is 18.0 Å². The van der Waals surface area contributed by atoms with E-state index in [0.29, 0.717) is 10.9 Å². The molecule has 0 atom stereocenters. The fraction of sp³-hybridized carbons (Fsp3) is 0.250. The van der Waals surface area contributed by atoms with Gasteiger partial charge in [0.2, 0.25) is 0 Å². The minimum Gasteiger partial charge on any atom is -0.453 e. The molecule has 0 spiro atoms. The Labute approximate surface area is 116 Å². The fourth-order valence-corrected chi connectivity index (χ4v) is 1.90. The second-order valence-corrected chi connectivity index (χ2v) is 4.47. The minimum absolute atomic E-state index is 0.231. The Bertz CT molecular complexity index is 581. The topological polar surface area (TPSA) is 27.1 Å². The standard InChI is InChI=1S/C12H10BrF3N2O/c1-18-7-9(6-17-18)19-11-3-2-8(5-13)4-10(11)12(14,15)16/h2-4,6-7H,5H2,1H3. The van der Waals surface area contributed by atoms with E-state index < -0.39 is 11.7 Å². The molecule has 0 amide bonds. The van der Waals surface area contributed by atoms with Crippen LogP contribution in [0.4, 0.5) is 13.2 Å². The van der Waals surface area contributed by atoms with E-state index in [0.717, 1.165) is 6.07 Å². The van der Waals surface area contributed by atoms with Crippen LogP contribution in [0.5, 0.6) is 11.5 Å². The van der Waals surface area contributed by atoms with Crippen LogP contribution in [0, 0.1) is 0 Å². The van der Waals surface area contributed by atoms with Crippen molar-refractivity contribution >= 4 is 15.9 Å². The van der Waals surface area contributed by atoms with E-state index >= 15 is 0 Å². The summed E-state index contributed by atoms with van der Waals surface area (Å²) in [5.41, 5.74) is -0.265. The van der Waals surface area contributed by atoms with Crippen molar-refractivity contribution < 1.29 is 17.9 Å². The number of halogens is 4. The Kier molecular flexibility index (Phi) is 3.84. The maximum atomic E-state index is 13.0. The summed E-state index contributed by atoms with van der Waals surface area (Å²) in [7, 11) is 1.66. The molecule has 3 nitrogen and oxygen atoms in total. The Morgan fingerprint density at radius 1 is 1.37 bits per heavy atom. The molecule has 0 aliphatic heterocycles. The molecule has 0 saturated carbocycles. The predicted molar refractivity (Wildman–Crippen MR) is 67.4 cm³/mol. The van der Waals surface area contributed by atoms with Crippen molar-refractivity contribution in [2.24, 2.45) is 7.05 Å². The van der Waals surface area contributed by atoms with Crippen LogP contribution in [0.3, 0.4) is 0 Å². The van der Waals surface area contributed by atoms with Gasteiger partial charge in [-0.3, -0.25) is 4.68 Å². The Morgan fingerprint density at radius 3 is 2.63 bits per heavy atom. The quantitative estimate of drug-likeness (QED) is 0.789. The molecule has 0 bridgehead atoms. The molecule has 0 unspecified atom stereocenters. The molecule has 0 aliphatic rings. The van der Waals surface area contributed by atoms with Gasteiger partial charge in [-0.1, -0.05) is 22.0 Å². The molecular formula is C12H10BrF3N2O. The van der Waals surface area contributed by atoms with Gasteiger partial charge in [0.25, 0.3) is 0 Å². The molecule has 0 radical (unpaired) electrons. The lowest BCUT2D eigenvalue weighted by Crippen LogP contribution is -2.07. The van der Waals surface area contributed by atoms with Crippen molar-refractivity contribution in [1.82, 2.24) is 9.78 Å². The zero-order valence-electron chi connectivity index (χ0n) is 9.91. The third kappa shape index (κ3) is 3.28.